The Labute approximate surface area is 127 Å². The van der Waals surface area contributed by atoms with Gasteiger partial charge >= 0.3 is 0 Å². The van der Waals surface area contributed by atoms with Gasteiger partial charge in [-0.3, -0.25) is 4.31 Å². The highest BCUT2D eigenvalue weighted by Gasteiger charge is 2.33. The summed E-state index contributed by atoms with van der Waals surface area (Å²) in [7, 11) is 0.113. The first-order chi connectivity index (χ1) is 9.86. The zero-order valence-electron chi connectivity index (χ0n) is 13.1. The molecule has 1 aliphatic heterocycles. The Bertz CT molecular complexity index is 588. The van der Waals surface area contributed by atoms with Crippen LogP contribution in [0.4, 0.5) is 11.4 Å². The van der Waals surface area contributed by atoms with Crippen LogP contribution in [0.25, 0.3) is 0 Å². The first-order valence-corrected chi connectivity index (χ1v) is 8.83. The van der Waals surface area contributed by atoms with Gasteiger partial charge < -0.3 is 9.64 Å². The number of methoxy groups -OCH3 is 1. The van der Waals surface area contributed by atoms with Gasteiger partial charge in [-0.2, -0.15) is 0 Å². The molecule has 0 unspecified atom stereocenters. The number of sulfonamides is 1. The van der Waals surface area contributed by atoms with Crippen molar-refractivity contribution in [1.82, 2.24) is 0 Å². The van der Waals surface area contributed by atoms with Gasteiger partial charge in [-0.15, -0.1) is 0 Å². The molecule has 6 heteroatoms. The second kappa shape index (κ2) is 6.23. The van der Waals surface area contributed by atoms with Gasteiger partial charge in [0.05, 0.1) is 23.2 Å². The molecule has 0 aliphatic carbocycles. The van der Waals surface area contributed by atoms with Gasteiger partial charge in [0.1, 0.15) is 0 Å². The normalized spacial score (nSPS) is 20.9. The van der Waals surface area contributed by atoms with E-state index in [0.29, 0.717) is 0 Å². The molecule has 0 saturated carbocycles. The number of para-hydroxylation sites is 2. The Balaban J connectivity index is 2.47. The van der Waals surface area contributed by atoms with E-state index in [-0.39, 0.29) is 17.9 Å². The van der Waals surface area contributed by atoms with E-state index in [0.717, 1.165) is 24.3 Å². The van der Waals surface area contributed by atoms with Crippen LogP contribution in [-0.2, 0) is 14.8 Å². The highest BCUT2D eigenvalue weighted by Crippen LogP contribution is 2.35. The summed E-state index contributed by atoms with van der Waals surface area (Å²) in [6, 6.07) is 7.60. The maximum atomic E-state index is 12.8. The van der Waals surface area contributed by atoms with Crippen LogP contribution in [-0.4, -0.2) is 47.0 Å². The van der Waals surface area contributed by atoms with Crippen molar-refractivity contribution < 1.29 is 13.2 Å². The average Bonchev–Trinajstić information content (AvgIpc) is 2.56. The third kappa shape index (κ3) is 3.32. The monoisotopic (exact) mass is 312 g/mol. The largest absolute Gasteiger partial charge is 0.381 e. The number of anilines is 2. The molecule has 0 bridgehead atoms. The maximum absolute atomic E-state index is 12.8. The predicted molar refractivity (Wildman–Crippen MR) is 86.5 cm³/mol. The molecule has 2 atom stereocenters. The number of ether oxygens (including phenoxy) is 1. The summed E-state index contributed by atoms with van der Waals surface area (Å²) in [5, 5.41) is 0. The molecule has 5 nitrogen and oxygen atoms in total. The molecule has 0 radical (unpaired) electrons. The van der Waals surface area contributed by atoms with E-state index in [1.807, 2.05) is 38.2 Å². The highest BCUT2D eigenvalue weighted by molar-refractivity contribution is 7.92. The fourth-order valence-electron chi connectivity index (χ4n) is 2.70. The molecule has 0 N–H and O–H groups in total. The standard InChI is InChI=1S/C15H24N2O3S/c1-12-9-10-16(3)14-7-5-6-8-15(14)17(12)21(18,19)11-13(2)20-4/h5-8,12-13H,9-11H2,1-4H3/t12-,13-/m0/s1. The smallest absolute Gasteiger partial charge is 0.238 e. The molecule has 1 heterocycles. The van der Waals surface area contributed by atoms with Crippen molar-refractivity contribution in [3.63, 3.8) is 0 Å². The Kier molecular flexibility index (Phi) is 4.78. The van der Waals surface area contributed by atoms with E-state index in [2.05, 4.69) is 4.90 Å². The average molecular weight is 312 g/mol. The third-order valence-electron chi connectivity index (χ3n) is 3.96. The van der Waals surface area contributed by atoms with Gasteiger partial charge in [0.25, 0.3) is 0 Å². The van der Waals surface area contributed by atoms with Crippen molar-refractivity contribution >= 4 is 21.4 Å². The second-order valence-corrected chi connectivity index (χ2v) is 7.56. The Morgan fingerprint density at radius 2 is 1.95 bits per heavy atom. The first kappa shape index (κ1) is 16.1. The molecule has 1 aromatic carbocycles. The summed E-state index contributed by atoms with van der Waals surface area (Å²) in [6.07, 6.45) is 0.474. The van der Waals surface area contributed by atoms with Crippen LogP contribution in [0.15, 0.2) is 24.3 Å². The maximum Gasteiger partial charge on any atom is 0.238 e. The van der Waals surface area contributed by atoms with E-state index >= 15 is 0 Å². The van der Waals surface area contributed by atoms with Crippen molar-refractivity contribution in [3.05, 3.63) is 24.3 Å². The molecule has 21 heavy (non-hydrogen) atoms. The molecule has 0 spiro atoms. The fourth-order valence-corrected chi connectivity index (χ4v) is 4.70. The number of hydrogen-bond acceptors (Lipinski definition) is 4. The number of benzene rings is 1. The van der Waals surface area contributed by atoms with E-state index in [1.54, 1.807) is 11.2 Å². The van der Waals surface area contributed by atoms with Crippen LogP contribution >= 0.6 is 0 Å². The second-order valence-electron chi connectivity index (χ2n) is 5.67. The predicted octanol–water partition coefficient (Wildman–Crippen LogP) is 2.09. The Morgan fingerprint density at radius 1 is 1.33 bits per heavy atom. The van der Waals surface area contributed by atoms with Crippen molar-refractivity contribution in [1.29, 1.82) is 0 Å². The van der Waals surface area contributed by atoms with Gasteiger partial charge in [0, 0.05) is 26.7 Å². The lowest BCUT2D eigenvalue weighted by Crippen LogP contribution is -2.42. The van der Waals surface area contributed by atoms with E-state index in [9.17, 15) is 8.42 Å². The molecule has 1 aromatic rings. The minimum absolute atomic E-state index is 0.00805. The first-order valence-electron chi connectivity index (χ1n) is 7.22. The summed E-state index contributed by atoms with van der Waals surface area (Å²) in [4.78, 5) is 2.11. The third-order valence-corrected chi connectivity index (χ3v) is 6.01. The quantitative estimate of drug-likeness (QED) is 0.854. The van der Waals surface area contributed by atoms with Gasteiger partial charge in [-0.05, 0) is 32.4 Å². The highest BCUT2D eigenvalue weighted by atomic mass is 32.2. The summed E-state index contributed by atoms with van der Waals surface area (Å²) >= 11 is 0. The van der Waals surface area contributed by atoms with Gasteiger partial charge in [0.2, 0.25) is 10.0 Å². The fraction of sp³-hybridized carbons (Fsp3) is 0.600. The van der Waals surface area contributed by atoms with Crippen LogP contribution in [0.5, 0.6) is 0 Å². The number of hydrogen-bond donors (Lipinski definition) is 0. The lowest BCUT2D eigenvalue weighted by atomic mass is 10.2. The molecule has 0 saturated heterocycles. The van der Waals surface area contributed by atoms with Crippen LogP contribution < -0.4 is 9.21 Å². The van der Waals surface area contributed by atoms with Crippen LogP contribution in [0.1, 0.15) is 20.3 Å². The molecule has 0 fully saturated rings. The molecule has 0 amide bonds. The van der Waals surface area contributed by atoms with E-state index in [4.69, 9.17) is 4.74 Å². The summed E-state index contributed by atoms with van der Waals surface area (Å²) in [5.41, 5.74) is 1.71. The van der Waals surface area contributed by atoms with Crippen molar-refractivity contribution in [2.75, 3.05) is 35.7 Å². The van der Waals surface area contributed by atoms with Crippen LogP contribution in [0, 0.1) is 0 Å². The van der Waals surface area contributed by atoms with Crippen molar-refractivity contribution in [3.8, 4) is 0 Å². The minimum atomic E-state index is -3.42. The van der Waals surface area contributed by atoms with E-state index < -0.39 is 10.0 Å². The minimum Gasteiger partial charge on any atom is -0.381 e. The molecular weight excluding hydrogens is 288 g/mol. The number of rotatable bonds is 4. The van der Waals surface area contributed by atoms with Crippen molar-refractivity contribution in [2.24, 2.45) is 0 Å². The lowest BCUT2D eigenvalue weighted by molar-refractivity contribution is 0.136. The summed E-state index contributed by atoms with van der Waals surface area (Å²) in [6.45, 7) is 4.58. The SMILES string of the molecule is CO[C@@H](C)CS(=O)(=O)N1c2ccccc2N(C)CC[C@@H]1C. The van der Waals surface area contributed by atoms with Crippen LogP contribution in [0.2, 0.25) is 0 Å². The van der Waals surface area contributed by atoms with Crippen molar-refractivity contribution in [2.45, 2.75) is 32.4 Å². The van der Waals surface area contributed by atoms with E-state index in [1.165, 1.54) is 7.11 Å². The lowest BCUT2D eigenvalue weighted by Gasteiger charge is -2.30. The number of fused-ring (bicyclic) bond motifs is 1. The van der Waals surface area contributed by atoms with Crippen LogP contribution in [0.3, 0.4) is 0 Å². The molecule has 1 aliphatic rings. The molecule has 0 aromatic heterocycles. The molecule has 2 rings (SSSR count). The Hall–Kier alpha value is -1.27. The zero-order chi connectivity index (χ0) is 15.6. The van der Waals surface area contributed by atoms with Gasteiger partial charge in [-0.25, -0.2) is 8.42 Å². The summed E-state index contributed by atoms with van der Waals surface area (Å²) in [5.74, 6) is -0.00805. The zero-order valence-corrected chi connectivity index (χ0v) is 13.9. The van der Waals surface area contributed by atoms with Gasteiger partial charge in [0.15, 0.2) is 0 Å². The molecule has 118 valence electrons. The number of nitrogens with zero attached hydrogens (tertiary/aromatic N) is 2. The van der Waals surface area contributed by atoms with Gasteiger partial charge in [-0.1, -0.05) is 12.1 Å². The topological polar surface area (TPSA) is 49.9 Å². The molecular formula is C15H24N2O3S. The summed E-state index contributed by atoms with van der Waals surface area (Å²) < 4.78 is 32.3. The Morgan fingerprint density at radius 3 is 2.57 bits per heavy atom.